The summed E-state index contributed by atoms with van der Waals surface area (Å²) in [7, 11) is 0. The van der Waals surface area contributed by atoms with Crippen molar-refractivity contribution in [1.29, 1.82) is 0 Å². The summed E-state index contributed by atoms with van der Waals surface area (Å²) < 4.78 is 0. The lowest BCUT2D eigenvalue weighted by Gasteiger charge is -2.09. The highest BCUT2D eigenvalue weighted by molar-refractivity contribution is 7.99. The number of hydrogen-bond acceptors (Lipinski definition) is 3. The maximum absolute atomic E-state index is 12.1. The van der Waals surface area contributed by atoms with Crippen molar-refractivity contribution in [2.75, 3.05) is 0 Å². The molecule has 4 heteroatoms. The molecule has 1 aromatic carbocycles. The lowest BCUT2D eigenvalue weighted by molar-refractivity contribution is -0.141. The van der Waals surface area contributed by atoms with Crippen molar-refractivity contribution >= 4 is 23.5 Å². The quantitative estimate of drug-likeness (QED) is 0.504. The maximum Gasteiger partial charge on any atom is 0.317 e. The Morgan fingerprint density at radius 3 is 2.17 bits per heavy atom. The van der Waals surface area contributed by atoms with E-state index in [0.29, 0.717) is 23.7 Å². The second-order valence-electron chi connectivity index (χ2n) is 4.91. The highest BCUT2D eigenvalue weighted by atomic mass is 32.2. The maximum atomic E-state index is 12.1. The van der Waals surface area contributed by atoms with Crippen LogP contribution in [0.2, 0.25) is 0 Å². The van der Waals surface area contributed by atoms with E-state index in [9.17, 15) is 9.59 Å². The van der Waals surface area contributed by atoms with Gasteiger partial charge in [-0.1, -0.05) is 26.0 Å². The van der Waals surface area contributed by atoms with Gasteiger partial charge in [0.25, 0.3) is 0 Å². The van der Waals surface area contributed by atoms with Crippen LogP contribution < -0.4 is 0 Å². The van der Waals surface area contributed by atoms with Crippen molar-refractivity contribution in [2.24, 2.45) is 5.41 Å². The summed E-state index contributed by atoms with van der Waals surface area (Å²) >= 11 is 1.72. The molecule has 96 valence electrons. The molecule has 1 fully saturated rings. The Morgan fingerprint density at radius 1 is 1.22 bits per heavy atom. The van der Waals surface area contributed by atoms with Crippen LogP contribution in [0.3, 0.4) is 0 Å². The summed E-state index contributed by atoms with van der Waals surface area (Å²) in [6.07, 6.45) is 0.924. The standard InChI is InChI=1S/C14H16O3S/c1-9(2)18-11-5-3-10(4-6-11)12(15)14(7-8-14)13(16)17/h3-6,9H,7-8H2,1-2H3,(H,16,17). The van der Waals surface area contributed by atoms with Gasteiger partial charge in [-0.3, -0.25) is 9.59 Å². The van der Waals surface area contributed by atoms with Crippen molar-refractivity contribution in [2.45, 2.75) is 36.8 Å². The van der Waals surface area contributed by atoms with E-state index < -0.39 is 11.4 Å². The molecule has 0 saturated heterocycles. The van der Waals surface area contributed by atoms with E-state index in [1.807, 2.05) is 12.1 Å². The average molecular weight is 264 g/mol. The zero-order valence-corrected chi connectivity index (χ0v) is 11.3. The summed E-state index contributed by atoms with van der Waals surface area (Å²) in [5, 5.41) is 9.57. The monoisotopic (exact) mass is 264 g/mol. The Morgan fingerprint density at radius 2 is 1.78 bits per heavy atom. The van der Waals surface area contributed by atoms with Crippen LogP contribution in [0.4, 0.5) is 0 Å². The third-order valence-corrected chi connectivity index (χ3v) is 4.10. The van der Waals surface area contributed by atoms with E-state index in [-0.39, 0.29) is 5.78 Å². The molecule has 0 radical (unpaired) electrons. The average Bonchev–Trinajstić information content (AvgIpc) is 3.09. The Kier molecular flexibility index (Phi) is 3.48. The van der Waals surface area contributed by atoms with Crippen LogP contribution in [-0.4, -0.2) is 22.1 Å². The van der Waals surface area contributed by atoms with Gasteiger partial charge in [0, 0.05) is 15.7 Å². The molecule has 0 atom stereocenters. The molecule has 0 bridgehead atoms. The van der Waals surface area contributed by atoms with Gasteiger partial charge in [0.15, 0.2) is 5.78 Å². The molecule has 1 saturated carbocycles. The van der Waals surface area contributed by atoms with Gasteiger partial charge in [-0.2, -0.15) is 0 Å². The van der Waals surface area contributed by atoms with Gasteiger partial charge < -0.3 is 5.11 Å². The zero-order valence-electron chi connectivity index (χ0n) is 10.5. The van der Waals surface area contributed by atoms with E-state index in [4.69, 9.17) is 5.11 Å². The molecule has 1 aliphatic rings. The van der Waals surface area contributed by atoms with Crippen LogP contribution in [0.5, 0.6) is 0 Å². The van der Waals surface area contributed by atoms with E-state index in [1.165, 1.54) is 0 Å². The van der Waals surface area contributed by atoms with Crippen molar-refractivity contribution < 1.29 is 14.7 Å². The molecule has 2 rings (SSSR count). The number of carbonyl (C=O) groups is 2. The second-order valence-corrected chi connectivity index (χ2v) is 6.56. The summed E-state index contributed by atoms with van der Waals surface area (Å²) in [6, 6.07) is 7.23. The topological polar surface area (TPSA) is 54.4 Å². The lowest BCUT2D eigenvalue weighted by Crippen LogP contribution is -2.25. The van der Waals surface area contributed by atoms with Gasteiger partial charge >= 0.3 is 5.97 Å². The molecule has 0 unspecified atom stereocenters. The summed E-state index contributed by atoms with van der Waals surface area (Å²) in [6.45, 7) is 4.21. The summed E-state index contributed by atoms with van der Waals surface area (Å²) in [4.78, 5) is 24.3. The number of thioether (sulfide) groups is 1. The predicted molar refractivity (Wildman–Crippen MR) is 71.1 cm³/mol. The SMILES string of the molecule is CC(C)Sc1ccc(C(=O)C2(C(=O)O)CC2)cc1. The largest absolute Gasteiger partial charge is 0.480 e. The van der Waals surface area contributed by atoms with Crippen LogP contribution in [0.15, 0.2) is 29.2 Å². The van der Waals surface area contributed by atoms with E-state index in [1.54, 1.807) is 23.9 Å². The number of benzene rings is 1. The van der Waals surface area contributed by atoms with Crippen molar-refractivity contribution in [3.05, 3.63) is 29.8 Å². The molecule has 0 amide bonds. The molecule has 1 N–H and O–H groups in total. The fourth-order valence-corrected chi connectivity index (χ4v) is 2.73. The highest BCUT2D eigenvalue weighted by Crippen LogP contribution is 2.48. The van der Waals surface area contributed by atoms with Gasteiger partial charge in [-0.05, 0) is 25.0 Å². The van der Waals surface area contributed by atoms with Gasteiger partial charge in [0.2, 0.25) is 0 Å². The van der Waals surface area contributed by atoms with Crippen LogP contribution in [0.25, 0.3) is 0 Å². The number of aliphatic carboxylic acids is 1. The van der Waals surface area contributed by atoms with Crippen LogP contribution in [-0.2, 0) is 4.79 Å². The third-order valence-electron chi connectivity index (χ3n) is 3.08. The predicted octanol–water partition coefficient (Wildman–Crippen LogP) is 3.23. The van der Waals surface area contributed by atoms with Crippen LogP contribution >= 0.6 is 11.8 Å². The Hall–Kier alpha value is -1.29. The van der Waals surface area contributed by atoms with E-state index in [0.717, 1.165) is 4.90 Å². The van der Waals surface area contributed by atoms with E-state index >= 15 is 0 Å². The zero-order chi connectivity index (χ0) is 13.3. The first-order valence-electron chi connectivity index (χ1n) is 6.00. The molecule has 1 aliphatic carbocycles. The smallest absolute Gasteiger partial charge is 0.317 e. The molecule has 0 spiro atoms. The minimum absolute atomic E-state index is 0.254. The molecule has 3 nitrogen and oxygen atoms in total. The number of Topliss-reactive ketones (excluding diaryl/α,β-unsaturated/α-hetero) is 1. The van der Waals surface area contributed by atoms with Gasteiger partial charge in [0.1, 0.15) is 5.41 Å². The number of carboxylic acid groups (broad SMARTS) is 1. The van der Waals surface area contributed by atoms with Crippen molar-refractivity contribution in [3.8, 4) is 0 Å². The van der Waals surface area contributed by atoms with Gasteiger partial charge in [-0.25, -0.2) is 0 Å². The number of hydrogen-bond donors (Lipinski definition) is 1. The minimum atomic E-state index is -1.13. The fourth-order valence-electron chi connectivity index (χ4n) is 1.90. The Bertz CT molecular complexity index is 472. The second kappa shape index (κ2) is 4.76. The van der Waals surface area contributed by atoms with Crippen LogP contribution in [0.1, 0.15) is 37.0 Å². The van der Waals surface area contributed by atoms with Gasteiger partial charge in [0.05, 0.1) is 0 Å². The first-order chi connectivity index (χ1) is 8.45. The fraction of sp³-hybridized carbons (Fsp3) is 0.429. The first kappa shape index (κ1) is 13.1. The first-order valence-corrected chi connectivity index (χ1v) is 6.88. The summed E-state index contributed by atoms with van der Waals surface area (Å²) in [5.41, 5.74) is -0.629. The molecule has 18 heavy (non-hydrogen) atoms. The van der Waals surface area contributed by atoms with Crippen molar-refractivity contribution in [3.63, 3.8) is 0 Å². The minimum Gasteiger partial charge on any atom is -0.480 e. The van der Waals surface area contributed by atoms with Crippen molar-refractivity contribution in [1.82, 2.24) is 0 Å². The molecular weight excluding hydrogens is 248 g/mol. The number of ketones is 1. The lowest BCUT2D eigenvalue weighted by atomic mass is 9.95. The van der Waals surface area contributed by atoms with Crippen LogP contribution in [0, 0.1) is 5.41 Å². The molecule has 0 aliphatic heterocycles. The summed E-state index contributed by atoms with van der Waals surface area (Å²) in [5.74, 6) is -1.25. The molecular formula is C14H16O3S. The molecule has 0 heterocycles. The normalized spacial score (nSPS) is 16.6. The number of carboxylic acids is 1. The molecule has 0 aromatic heterocycles. The van der Waals surface area contributed by atoms with E-state index in [2.05, 4.69) is 13.8 Å². The Balaban J connectivity index is 2.15. The Labute approximate surface area is 111 Å². The van der Waals surface area contributed by atoms with Gasteiger partial charge in [-0.15, -0.1) is 11.8 Å². The molecule has 1 aromatic rings. The number of rotatable bonds is 5. The third kappa shape index (κ3) is 2.43. The number of carbonyl (C=O) groups excluding carboxylic acids is 1. The highest BCUT2D eigenvalue weighted by Gasteiger charge is 2.56.